The molecule has 2 nitrogen and oxygen atoms in total. The molecule has 0 bridgehead atoms. The maximum absolute atomic E-state index is 8.94. The Morgan fingerprint density at radius 1 is 1.20 bits per heavy atom. The molecule has 0 amide bonds. The average Bonchev–Trinajstić information content (AvgIpc) is 2.84. The van der Waals surface area contributed by atoms with Crippen molar-refractivity contribution in [1.82, 2.24) is 0 Å². The van der Waals surface area contributed by atoms with E-state index in [-0.39, 0.29) is 18.6 Å². The van der Waals surface area contributed by atoms with Crippen molar-refractivity contribution in [2.24, 2.45) is 17.3 Å². The van der Waals surface area contributed by atoms with Crippen LogP contribution < -0.4 is 0 Å². The van der Waals surface area contributed by atoms with Crippen molar-refractivity contribution in [1.29, 1.82) is 0 Å². The van der Waals surface area contributed by atoms with Crippen molar-refractivity contribution in [3.05, 3.63) is 0 Å². The van der Waals surface area contributed by atoms with Gasteiger partial charge in [0.1, 0.15) is 0 Å². The number of aliphatic hydroxyl groups excluding tert-OH is 2. The molecule has 0 spiro atoms. The zero-order chi connectivity index (χ0) is 7.19. The summed E-state index contributed by atoms with van der Waals surface area (Å²) < 4.78 is 0. The molecular formula is C8H14O2. The van der Waals surface area contributed by atoms with E-state index < -0.39 is 0 Å². The Bertz CT molecular complexity index is 136. The Morgan fingerprint density at radius 2 is 1.80 bits per heavy atom. The lowest BCUT2D eigenvalue weighted by Gasteiger charge is -2.08. The highest BCUT2D eigenvalue weighted by atomic mass is 16.3. The number of hydrogen-bond donors (Lipinski definition) is 2. The maximum atomic E-state index is 8.94. The summed E-state index contributed by atoms with van der Waals surface area (Å²) in [6, 6.07) is 0. The van der Waals surface area contributed by atoms with Gasteiger partial charge in [0.05, 0.1) is 13.2 Å². The van der Waals surface area contributed by atoms with Gasteiger partial charge in [-0.2, -0.15) is 0 Å². The molecule has 0 aromatic rings. The molecule has 0 aliphatic heterocycles. The Morgan fingerprint density at radius 3 is 2.10 bits per heavy atom. The van der Waals surface area contributed by atoms with Gasteiger partial charge in [-0.05, 0) is 31.1 Å². The van der Waals surface area contributed by atoms with Gasteiger partial charge in [0.25, 0.3) is 0 Å². The van der Waals surface area contributed by atoms with Gasteiger partial charge < -0.3 is 10.2 Å². The smallest absolute Gasteiger partial charge is 0.0512 e. The molecular weight excluding hydrogens is 128 g/mol. The lowest BCUT2D eigenvalue weighted by molar-refractivity contribution is 0.118. The third-order valence-corrected chi connectivity index (χ3v) is 3.07. The van der Waals surface area contributed by atoms with Crippen LogP contribution in [0.4, 0.5) is 0 Å². The quantitative estimate of drug-likeness (QED) is 0.598. The van der Waals surface area contributed by atoms with Crippen LogP contribution in [0.5, 0.6) is 0 Å². The Balaban J connectivity index is 1.93. The van der Waals surface area contributed by atoms with Gasteiger partial charge in [-0.1, -0.05) is 0 Å². The first kappa shape index (κ1) is 6.62. The average molecular weight is 142 g/mol. The van der Waals surface area contributed by atoms with Crippen LogP contribution in [-0.2, 0) is 0 Å². The summed E-state index contributed by atoms with van der Waals surface area (Å²) >= 11 is 0. The van der Waals surface area contributed by atoms with Crippen LogP contribution >= 0.6 is 0 Å². The molecule has 0 heterocycles. The molecule has 2 rings (SSSR count). The van der Waals surface area contributed by atoms with Crippen LogP contribution in [0.1, 0.15) is 19.3 Å². The number of rotatable bonds is 3. The van der Waals surface area contributed by atoms with Gasteiger partial charge >= 0.3 is 0 Å². The SMILES string of the molecule is OCC1(CO)CC1C1CC1. The Labute approximate surface area is 60.9 Å². The predicted molar refractivity (Wildman–Crippen MR) is 37.4 cm³/mol. The van der Waals surface area contributed by atoms with Crippen LogP contribution in [-0.4, -0.2) is 23.4 Å². The molecule has 2 aliphatic carbocycles. The minimum Gasteiger partial charge on any atom is -0.396 e. The summed E-state index contributed by atoms with van der Waals surface area (Å²) in [6.45, 7) is 0.370. The van der Waals surface area contributed by atoms with Crippen molar-refractivity contribution in [2.75, 3.05) is 13.2 Å². The minimum atomic E-state index is -0.0544. The van der Waals surface area contributed by atoms with Gasteiger partial charge in [-0.15, -0.1) is 0 Å². The summed E-state index contributed by atoms with van der Waals surface area (Å²) in [5, 5.41) is 17.9. The third-order valence-electron chi connectivity index (χ3n) is 3.07. The molecule has 2 aliphatic rings. The summed E-state index contributed by atoms with van der Waals surface area (Å²) in [4.78, 5) is 0. The number of hydrogen-bond acceptors (Lipinski definition) is 2. The van der Waals surface area contributed by atoms with E-state index in [2.05, 4.69) is 0 Å². The summed E-state index contributed by atoms with van der Waals surface area (Å²) in [6.07, 6.45) is 3.71. The summed E-state index contributed by atoms with van der Waals surface area (Å²) in [7, 11) is 0. The minimum absolute atomic E-state index is 0.0544. The van der Waals surface area contributed by atoms with Gasteiger partial charge in [0, 0.05) is 5.41 Å². The van der Waals surface area contributed by atoms with Crippen molar-refractivity contribution in [2.45, 2.75) is 19.3 Å². The molecule has 2 saturated carbocycles. The van der Waals surface area contributed by atoms with Gasteiger partial charge in [0.2, 0.25) is 0 Å². The molecule has 0 saturated heterocycles. The van der Waals surface area contributed by atoms with Crippen LogP contribution in [0.25, 0.3) is 0 Å². The van der Waals surface area contributed by atoms with Crippen molar-refractivity contribution >= 4 is 0 Å². The maximum Gasteiger partial charge on any atom is 0.0512 e. The van der Waals surface area contributed by atoms with E-state index in [9.17, 15) is 0 Å². The van der Waals surface area contributed by atoms with Gasteiger partial charge in [0.15, 0.2) is 0 Å². The zero-order valence-electron chi connectivity index (χ0n) is 6.08. The van der Waals surface area contributed by atoms with Crippen LogP contribution in [0, 0.1) is 17.3 Å². The van der Waals surface area contributed by atoms with E-state index in [0.717, 1.165) is 12.3 Å². The van der Waals surface area contributed by atoms with Gasteiger partial charge in [-0.25, -0.2) is 0 Å². The zero-order valence-corrected chi connectivity index (χ0v) is 6.08. The Hall–Kier alpha value is -0.0800. The molecule has 2 fully saturated rings. The molecule has 0 aromatic heterocycles. The lowest BCUT2D eigenvalue weighted by atomic mass is 10.0. The van der Waals surface area contributed by atoms with Crippen LogP contribution in [0.15, 0.2) is 0 Å². The summed E-state index contributed by atoms with van der Waals surface area (Å²) in [5.74, 6) is 1.50. The second-order valence-corrected chi connectivity index (χ2v) is 3.83. The molecule has 10 heavy (non-hydrogen) atoms. The fourth-order valence-electron chi connectivity index (χ4n) is 1.96. The molecule has 1 atom stereocenters. The largest absolute Gasteiger partial charge is 0.396 e. The topological polar surface area (TPSA) is 40.5 Å². The fourth-order valence-corrected chi connectivity index (χ4v) is 1.96. The first-order valence-corrected chi connectivity index (χ1v) is 4.04. The van der Waals surface area contributed by atoms with E-state index in [1.165, 1.54) is 12.8 Å². The van der Waals surface area contributed by atoms with Crippen molar-refractivity contribution in [3.63, 3.8) is 0 Å². The van der Waals surface area contributed by atoms with Gasteiger partial charge in [-0.3, -0.25) is 0 Å². The molecule has 2 heteroatoms. The number of aliphatic hydroxyl groups is 2. The first-order valence-electron chi connectivity index (χ1n) is 4.04. The summed E-state index contributed by atoms with van der Waals surface area (Å²) in [5.41, 5.74) is -0.0544. The molecule has 0 radical (unpaired) electrons. The highest BCUT2D eigenvalue weighted by Crippen LogP contribution is 2.62. The lowest BCUT2D eigenvalue weighted by Crippen LogP contribution is -2.15. The standard InChI is InChI=1S/C8H14O2/c9-4-8(5-10)3-7(8)6-1-2-6/h6-7,9-10H,1-5H2. The monoisotopic (exact) mass is 142 g/mol. The van der Waals surface area contributed by atoms with E-state index in [4.69, 9.17) is 10.2 Å². The van der Waals surface area contributed by atoms with Crippen molar-refractivity contribution in [3.8, 4) is 0 Å². The highest BCUT2D eigenvalue weighted by Gasteiger charge is 2.58. The fraction of sp³-hybridized carbons (Fsp3) is 1.00. The van der Waals surface area contributed by atoms with Crippen LogP contribution in [0.3, 0.4) is 0 Å². The van der Waals surface area contributed by atoms with E-state index in [1.807, 2.05) is 0 Å². The van der Waals surface area contributed by atoms with E-state index in [1.54, 1.807) is 0 Å². The van der Waals surface area contributed by atoms with Crippen molar-refractivity contribution < 1.29 is 10.2 Å². The predicted octanol–water partition coefficient (Wildman–Crippen LogP) is 0.387. The third kappa shape index (κ3) is 0.789. The second-order valence-electron chi connectivity index (χ2n) is 3.83. The first-order chi connectivity index (χ1) is 4.82. The second kappa shape index (κ2) is 1.95. The van der Waals surface area contributed by atoms with Crippen LogP contribution in [0.2, 0.25) is 0 Å². The normalized spacial score (nSPS) is 36.0. The van der Waals surface area contributed by atoms with E-state index >= 15 is 0 Å². The molecule has 0 aromatic carbocycles. The molecule has 1 unspecified atom stereocenters. The highest BCUT2D eigenvalue weighted by molar-refractivity contribution is 5.07. The molecule has 58 valence electrons. The Kier molecular flexibility index (Phi) is 1.29. The molecule has 2 N–H and O–H groups in total. The van der Waals surface area contributed by atoms with E-state index in [0.29, 0.717) is 5.92 Å².